The predicted molar refractivity (Wildman–Crippen MR) is 110 cm³/mol. The normalized spacial score (nSPS) is 11.5. The van der Waals surface area contributed by atoms with Crippen LogP contribution in [0.2, 0.25) is 0 Å². The van der Waals surface area contributed by atoms with E-state index in [0.29, 0.717) is 23.3 Å². The van der Waals surface area contributed by atoms with Gasteiger partial charge in [-0.25, -0.2) is 26.3 Å². The Hall–Kier alpha value is -4.08. The minimum Gasteiger partial charge on any atom is -0.508 e. The largest absolute Gasteiger partial charge is 0.508 e. The Morgan fingerprint density at radius 2 is 1.09 bits per heavy atom. The first-order valence-electron chi connectivity index (χ1n) is 9.76. The molecule has 4 rings (SSSR count). The molecule has 2 nitrogen and oxygen atoms in total. The first-order chi connectivity index (χ1) is 16.5. The fourth-order valence-electron chi connectivity index (χ4n) is 3.38. The Morgan fingerprint density at radius 1 is 0.571 bits per heavy atom. The lowest BCUT2D eigenvalue weighted by Crippen LogP contribution is -2.25. The molecule has 35 heavy (non-hydrogen) atoms. The second-order valence-electron chi connectivity index (χ2n) is 7.38. The van der Waals surface area contributed by atoms with Crippen LogP contribution in [0.5, 0.6) is 11.5 Å². The van der Waals surface area contributed by atoms with Crippen LogP contribution in [0, 0.1) is 34.9 Å². The lowest BCUT2D eigenvalue weighted by Gasteiger charge is -2.20. The number of ether oxygens (including phenoxy) is 1. The van der Waals surface area contributed by atoms with Crippen LogP contribution in [-0.4, -0.2) is 5.11 Å². The first-order valence-corrected chi connectivity index (χ1v) is 9.76. The molecule has 0 aliphatic carbocycles. The molecule has 0 aliphatic rings. The average molecular weight is 496 g/mol. The molecule has 4 aromatic carbocycles. The van der Waals surface area contributed by atoms with Gasteiger partial charge in [0, 0.05) is 17.7 Å². The highest BCUT2D eigenvalue weighted by Gasteiger charge is 2.41. The van der Waals surface area contributed by atoms with Crippen LogP contribution in [0.15, 0.2) is 66.7 Å². The van der Waals surface area contributed by atoms with Crippen LogP contribution in [0.25, 0.3) is 22.3 Å². The van der Waals surface area contributed by atoms with E-state index >= 15 is 0 Å². The van der Waals surface area contributed by atoms with Crippen molar-refractivity contribution < 1.29 is 45.0 Å². The fourth-order valence-corrected chi connectivity index (χ4v) is 3.38. The zero-order valence-corrected chi connectivity index (χ0v) is 17.2. The molecular formula is C25H12F8O2. The van der Waals surface area contributed by atoms with E-state index in [2.05, 4.69) is 4.74 Å². The van der Waals surface area contributed by atoms with Crippen LogP contribution in [0.4, 0.5) is 35.1 Å². The number of aromatic hydroxyl groups is 1. The van der Waals surface area contributed by atoms with Crippen molar-refractivity contribution in [3.8, 4) is 33.8 Å². The lowest BCUT2D eigenvalue weighted by atomic mass is 9.98. The van der Waals surface area contributed by atoms with Crippen molar-refractivity contribution >= 4 is 0 Å². The van der Waals surface area contributed by atoms with Gasteiger partial charge in [0.2, 0.25) is 0 Å². The van der Waals surface area contributed by atoms with Crippen LogP contribution in [-0.2, 0) is 6.11 Å². The minimum atomic E-state index is -4.76. The van der Waals surface area contributed by atoms with E-state index in [-0.39, 0.29) is 23.4 Å². The standard InChI is InChI=1S/C25H12F8O2/c26-18-7-13(12-1-4-15(34)5-2-12)3-6-17(18)14-8-19(27)23(20(28)9-14)25(32,33)35-16-10-21(29)24(31)22(30)11-16/h1-11,34H. The predicted octanol–water partition coefficient (Wildman–Crippen LogP) is 7.69. The van der Waals surface area contributed by atoms with Gasteiger partial charge in [-0.15, -0.1) is 0 Å². The Labute approximate surface area is 192 Å². The van der Waals surface area contributed by atoms with Gasteiger partial charge in [0.15, 0.2) is 17.5 Å². The molecule has 1 N–H and O–H groups in total. The highest BCUT2D eigenvalue weighted by molar-refractivity contribution is 5.71. The zero-order valence-electron chi connectivity index (χ0n) is 17.2. The number of hydrogen-bond donors (Lipinski definition) is 1. The maximum Gasteiger partial charge on any atom is 0.432 e. The van der Waals surface area contributed by atoms with Crippen LogP contribution in [0.3, 0.4) is 0 Å². The van der Waals surface area contributed by atoms with E-state index < -0.39 is 57.9 Å². The third-order valence-electron chi connectivity index (χ3n) is 5.02. The number of benzene rings is 4. The molecule has 0 spiro atoms. The molecule has 0 unspecified atom stereocenters. The summed E-state index contributed by atoms with van der Waals surface area (Å²) in [5, 5.41) is 9.34. The van der Waals surface area contributed by atoms with Gasteiger partial charge in [0.25, 0.3) is 0 Å². The van der Waals surface area contributed by atoms with Crippen LogP contribution < -0.4 is 4.74 Å². The average Bonchev–Trinajstić information content (AvgIpc) is 2.76. The second kappa shape index (κ2) is 8.94. The molecule has 0 amide bonds. The molecule has 0 bridgehead atoms. The summed E-state index contributed by atoms with van der Waals surface area (Å²) >= 11 is 0. The molecule has 180 valence electrons. The van der Waals surface area contributed by atoms with Gasteiger partial charge in [0.05, 0.1) is 0 Å². The first kappa shape index (κ1) is 24.1. The van der Waals surface area contributed by atoms with Gasteiger partial charge in [-0.3, -0.25) is 0 Å². The number of phenols is 1. The summed E-state index contributed by atoms with van der Waals surface area (Å²) in [5.74, 6) is -11.4. The third kappa shape index (κ3) is 4.77. The van der Waals surface area contributed by atoms with Gasteiger partial charge in [0.1, 0.15) is 34.5 Å². The fraction of sp³-hybridized carbons (Fsp3) is 0.0400. The number of hydrogen-bond acceptors (Lipinski definition) is 2. The molecule has 0 atom stereocenters. The van der Waals surface area contributed by atoms with Crippen LogP contribution >= 0.6 is 0 Å². The lowest BCUT2D eigenvalue weighted by molar-refractivity contribution is -0.189. The summed E-state index contributed by atoms with van der Waals surface area (Å²) in [6, 6.07) is 10.5. The molecule has 10 heteroatoms. The van der Waals surface area contributed by atoms with E-state index in [4.69, 9.17) is 0 Å². The Balaban J connectivity index is 1.67. The van der Waals surface area contributed by atoms with Crippen molar-refractivity contribution in [2.45, 2.75) is 6.11 Å². The zero-order chi connectivity index (χ0) is 25.5. The Kier molecular flexibility index (Phi) is 6.14. The molecular weight excluding hydrogens is 484 g/mol. The van der Waals surface area contributed by atoms with Crippen molar-refractivity contribution in [3.05, 3.63) is 107 Å². The van der Waals surface area contributed by atoms with E-state index in [0.717, 1.165) is 6.07 Å². The van der Waals surface area contributed by atoms with E-state index in [9.17, 15) is 40.2 Å². The Morgan fingerprint density at radius 3 is 1.63 bits per heavy atom. The molecule has 4 aromatic rings. The van der Waals surface area contributed by atoms with Crippen molar-refractivity contribution in [1.29, 1.82) is 0 Å². The quantitative estimate of drug-likeness (QED) is 0.227. The van der Waals surface area contributed by atoms with Crippen molar-refractivity contribution in [2.75, 3.05) is 0 Å². The number of rotatable bonds is 5. The van der Waals surface area contributed by atoms with Gasteiger partial charge in [-0.2, -0.15) is 8.78 Å². The molecule has 0 heterocycles. The van der Waals surface area contributed by atoms with Gasteiger partial charge in [-0.1, -0.05) is 24.3 Å². The molecule has 0 saturated heterocycles. The Bertz CT molecular complexity index is 1370. The van der Waals surface area contributed by atoms with Crippen LogP contribution in [0.1, 0.15) is 5.56 Å². The summed E-state index contributed by atoms with van der Waals surface area (Å²) in [6.45, 7) is 0. The summed E-state index contributed by atoms with van der Waals surface area (Å²) in [7, 11) is 0. The molecule has 0 radical (unpaired) electrons. The molecule has 0 aromatic heterocycles. The van der Waals surface area contributed by atoms with Crippen molar-refractivity contribution in [2.24, 2.45) is 0 Å². The summed E-state index contributed by atoms with van der Waals surface area (Å²) < 4.78 is 116. The second-order valence-corrected chi connectivity index (χ2v) is 7.38. The van der Waals surface area contributed by atoms with Crippen molar-refractivity contribution in [1.82, 2.24) is 0 Å². The highest BCUT2D eigenvalue weighted by Crippen LogP contribution is 2.38. The third-order valence-corrected chi connectivity index (χ3v) is 5.02. The van der Waals surface area contributed by atoms with E-state index in [1.165, 1.54) is 36.4 Å². The molecule has 0 aliphatic heterocycles. The highest BCUT2D eigenvalue weighted by atomic mass is 19.3. The SMILES string of the molecule is Oc1ccc(-c2ccc(-c3cc(F)c(C(F)(F)Oc4cc(F)c(F)c(F)c4)c(F)c3)c(F)c2)cc1. The van der Waals surface area contributed by atoms with E-state index in [1.807, 2.05) is 0 Å². The summed E-state index contributed by atoms with van der Waals surface area (Å²) in [6.07, 6.45) is -4.76. The van der Waals surface area contributed by atoms with E-state index in [1.54, 1.807) is 0 Å². The van der Waals surface area contributed by atoms with Crippen molar-refractivity contribution in [3.63, 3.8) is 0 Å². The van der Waals surface area contributed by atoms with Gasteiger partial charge in [-0.05, 0) is 47.0 Å². The monoisotopic (exact) mass is 496 g/mol. The maximum absolute atomic E-state index is 14.7. The van der Waals surface area contributed by atoms with Gasteiger partial charge < -0.3 is 9.84 Å². The summed E-state index contributed by atoms with van der Waals surface area (Å²) in [5.41, 5.74) is -1.70. The maximum atomic E-state index is 14.7. The number of halogens is 8. The number of alkyl halides is 2. The molecule has 0 fully saturated rings. The topological polar surface area (TPSA) is 29.5 Å². The minimum absolute atomic E-state index is 0.00707. The number of phenolic OH excluding ortho intramolecular Hbond substituents is 1. The van der Waals surface area contributed by atoms with Gasteiger partial charge >= 0.3 is 6.11 Å². The molecule has 0 saturated carbocycles. The smallest absolute Gasteiger partial charge is 0.432 e. The summed E-state index contributed by atoms with van der Waals surface area (Å²) in [4.78, 5) is 0.